The Kier molecular flexibility index (Phi) is 3.19. The molecule has 1 N–H and O–H groups in total. The smallest absolute Gasteiger partial charge is 0.317 e. The summed E-state index contributed by atoms with van der Waals surface area (Å²) in [6.45, 7) is 1.88. The van der Waals surface area contributed by atoms with E-state index in [-0.39, 0.29) is 6.10 Å². The van der Waals surface area contributed by atoms with Crippen molar-refractivity contribution in [3.05, 3.63) is 42.6 Å². The molecule has 0 aliphatic carbocycles. The summed E-state index contributed by atoms with van der Waals surface area (Å²) >= 11 is 0. The minimum atomic E-state index is 0.191. The van der Waals surface area contributed by atoms with Gasteiger partial charge in [-0.3, -0.25) is 0 Å². The van der Waals surface area contributed by atoms with Gasteiger partial charge in [-0.15, -0.1) is 0 Å². The van der Waals surface area contributed by atoms with E-state index in [1.807, 2.05) is 36.4 Å². The Bertz CT molecular complexity index is 509. The van der Waals surface area contributed by atoms with Gasteiger partial charge in [0.2, 0.25) is 0 Å². The summed E-state index contributed by atoms with van der Waals surface area (Å²) < 4.78 is 5.75. The molecule has 1 fully saturated rings. The van der Waals surface area contributed by atoms with Crippen LogP contribution in [-0.2, 0) is 0 Å². The van der Waals surface area contributed by atoms with Crippen molar-refractivity contribution in [3.63, 3.8) is 0 Å². The van der Waals surface area contributed by atoms with Crippen molar-refractivity contribution in [1.82, 2.24) is 15.3 Å². The molecule has 1 atom stereocenters. The van der Waals surface area contributed by atoms with E-state index in [9.17, 15) is 0 Å². The van der Waals surface area contributed by atoms with Crippen molar-refractivity contribution in [1.29, 1.82) is 0 Å². The van der Waals surface area contributed by atoms with E-state index < -0.39 is 0 Å². The monoisotopic (exact) mass is 241 g/mol. The molecule has 0 bridgehead atoms. The van der Waals surface area contributed by atoms with Gasteiger partial charge in [0, 0.05) is 18.3 Å². The van der Waals surface area contributed by atoms with Crippen molar-refractivity contribution in [2.45, 2.75) is 12.5 Å². The van der Waals surface area contributed by atoms with E-state index in [2.05, 4.69) is 15.3 Å². The molecule has 1 aromatic heterocycles. The van der Waals surface area contributed by atoms with Gasteiger partial charge in [0.05, 0.1) is 5.69 Å². The maximum absolute atomic E-state index is 5.75. The van der Waals surface area contributed by atoms with Gasteiger partial charge in [-0.1, -0.05) is 30.3 Å². The molecule has 92 valence electrons. The Morgan fingerprint density at radius 3 is 2.83 bits per heavy atom. The van der Waals surface area contributed by atoms with Gasteiger partial charge in [-0.2, -0.15) is 4.98 Å². The molecule has 2 aromatic rings. The SMILES string of the molecule is c1ccc(-c2ccnc(OC3CCNC3)n2)cc1. The molecular weight excluding hydrogens is 226 g/mol. The van der Waals surface area contributed by atoms with Crippen LogP contribution in [0.25, 0.3) is 11.3 Å². The lowest BCUT2D eigenvalue weighted by Crippen LogP contribution is -2.20. The molecule has 1 unspecified atom stereocenters. The first-order valence-electron chi connectivity index (χ1n) is 6.18. The Hall–Kier alpha value is -1.94. The second-order valence-electron chi connectivity index (χ2n) is 4.32. The Labute approximate surface area is 106 Å². The molecule has 1 aliphatic rings. The van der Waals surface area contributed by atoms with Gasteiger partial charge in [0.1, 0.15) is 6.10 Å². The lowest BCUT2D eigenvalue weighted by Gasteiger charge is -2.10. The minimum absolute atomic E-state index is 0.191. The maximum Gasteiger partial charge on any atom is 0.317 e. The van der Waals surface area contributed by atoms with Crippen LogP contribution in [0.4, 0.5) is 0 Å². The van der Waals surface area contributed by atoms with Crippen LogP contribution < -0.4 is 10.1 Å². The van der Waals surface area contributed by atoms with E-state index in [1.54, 1.807) is 6.20 Å². The first-order chi connectivity index (χ1) is 8.92. The molecule has 2 heterocycles. The number of rotatable bonds is 3. The second-order valence-corrected chi connectivity index (χ2v) is 4.32. The number of hydrogen-bond acceptors (Lipinski definition) is 4. The zero-order valence-corrected chi connectivity index (χ0v) is 10.0. The number of aromatic nitrogens is 2. The van der Waals surface area contributed by atoms with Crippen molar-refractivity contribution in [2.75, 3.05) is 13.1 Å². The largest absolute Gasteiger partial charge is 0.459 e. The highest BCUT2D eigenvalue weighted by molar-refractivity contribution is 5.58. The van der Waals surface area contributed by atoms with Crippen LogP contribution in [0.2, 0.25) is 0 Å². The molecule has 1 aliphatic heterocycles. The fourth-order valence-electron chi connectivity index (χ4n) is 2.05. The molecule has 1 aromatic carbocycles. The average Bonchev–Trinajstić information content (AvgIpc) is 2.93. The first kappa shape index (κ1) is 11.2. The molecule has 18 heavy (non-hydrogen) atoms. The van der Waals surface area contributed by atoms with E-state index in [1.165, 1.54) is 0 Å². The molecule has 1 saturated heterocycles. The zero-order chi connectivity index (χ0) is 12.2. The number of nitrogens with zero attached hydrogens (tertiary/aromatic N) is 2. The summed E-state index contributed by atoms with van der Waals surface area (Å²) in [5.41, 5.74) is 1.97. The number of hydrogen-bond donors (Lipinski definition) is 1. The highest BCUT2D eigenvalue weighted by atomic mass is 16.5. The summed E-state index contributed by atoms with van der Waals surface area (Å²) in [5, 5.41) is 3.26. The summed E-state index contributed by atoms with van der Waals surface area (Å²) in [6, 6.07) is 12.4. The molecule has 3 rings (SSSR count). The average molecular weight is 241 g/mol. The Balaban J connectivity index is 1.80. The Morgan fingerprint density at radius 2 is 2.06 bits per heavy atom. The minimum Gasteiger partial charge on any atom is -0.459 e. The van der Waals surface area contributed by atoms with Gasteiger partial charge in [0.25, 0.3) is 0 Å². The second kappa shape index (κ2) is 5.14. The summed E-state index contributed by atoms with van der Waals surface area (Å²) in [4.78, 5) is 8.61. The van der Waals surface area contributed by atoms with Gasteiger partial charge in [-0.25, -0.2) is 4.98 Å². The quantitative estimate of drug-likeness (QED) is 0.891. The van der Waals surface area contributed by atoms with Gasteiger partial charge in [-0.05, 0) is 19.0 Å². The fraction of sp³-hybridized carbons (Fsp3) is 0.286. The van der Waals surface area contributed by atoms with Crippen LogP contribution in [0.3, 0.4) is 0 Å². The van der Waals surface area contributed by atoms with Crippen LogP contribution in [-0.4, -0.2) is 29.2 Å². The Morgan fingerprint density at radius 1 is 1.17 bits per heavy atom. The molecule has 4 nitrogen and oxygen atoms in total. The van der Waals surface area contributed by atoms with Crippen LogP contribution >= 0.6 is 0 Å². The first-order valence-corrected chi connectivity index (χ1v) is 6.18. The van der Waals surface area contributed by atoms with Gasteiger partial charge in [0.15, 0.2) is 0 Å². The third-order valence-corrected chi connectivity index (χ3v) is 2.99. The maximum atomic E-state index is 5.75. The summed E-state index contributed by atoms with van der Waals surface area (Å²) in [5.74, 6) is 0. The third kappa shape index (κ3) is 2.49. The highest BCUT2D eigenvalue weighted by Crippen LogP contribution is 2.18. The predicted octanol–water partition coefficient (Wildman–Crippen LogP) is 1.88. The highest BCUT2D eigenvalue weighted by Gasteiger charge is 2.17. The fourth-order valence-corrected chi connectivity index (χ4v) is 2.05. The van der Waals surface area contributed by atoms with Crippen molar-refractivity contribution < 1.29 is 4.74 Å². The van der Waals surface area contributed by atoms with E-state index in [0.717, 1.165) is 30.8 Å². The van der Waals surface area contributed by atoms with Crippen LogP contribution in [0.5, 0.6) is 6.01 Å². The van der Waals surface area contributed by atoms with E-state index in [0.29, 0.717) is 6.01 Å². The van der Waals surface area contributed by atoms with Crippen molar-refractivity contribution in [2.24, 2.45) is 0 Å². The van der Waals surface area contributed by atoms with Crippen molar-refractivity contribution in [3.8, 4) is 17.3 Å². The predicted molar refractivity (Wildman–Crippen MR) is 69.4 cm³/mol. The van der Waals surface area contributed by atoms with Crippen LogP contribution in [0.15, 0.2) is 42.6 Å². The molecule has 0 saturated carbocycles. The standard InChI is InChI=1S/C14H15N3O/c1-2-4-11(5-3-1)13-7-9-16-14(17-13)18-12-6-8-15-10-12/h1-5,7,9,12,15H,6,8,10H2. The van der Waals surface area contributed by atoms with Crippen molar-refractivity contribution >= 4 is 0 Å². The third-order valence-electron chi connectivity index (χ3n) is 2.99. The van der Waals surface area contributed by atoms with Crippen LogP contribution in [0.1, 0.15) is 6.42 Å². The molecule has 0 amide bonds. The van der Waals surface area contributed by atoms with Crippen LogP contribution in [0, 0.1) is 0 Å². The number of ether oxygens (including phenoxy) is 1. The van der Waals surface area contributed by atoms with Gasteiger partial charge < -0.3 is 10.1 Å². The lowest BCUT2D eigenvalue weighted by molar-refractivity contribution is 0.204. The lowest BCUT2D eigenvalue weighted by atomic mass is 10.1. The zero-order valence-electron chi connectivity index (χ0n) is 10.0. The molecular formula is C14H15N3O. The van der Waals surface area contributed by atoms with E-state index in [4.69, 9.17) is 4.74 Å². The molecule has 4 heteroatoms. The topological polar surface area (TPSA) is 47.0 Å². The van der Waals surface area contributed by atoms with Gasteiger partial charge >= 0.3 is 6.01 Å². The molecule has 0 spiro atoms. The molecule has 0 radical (unpaired) electrons. The summed E-state index contributed by atoms with van der Waals surface area (Å²) in [6.07, 6.45) is 2.95. The number of benzene rings is 1. The normalized spacial score (nSPS) is 18.8. The summed E-state index contributed by atoms with van der Waals surface area (Å²) in [7, 11) is 0. The van der Waals surface area contributed by atoms with E-state index >= 15 is 0 Å². The number of nitrogens with one attached hydrogen (secondary N) is 1.